The number of hydrogen-bond acceptors (Lipinski definition) is 4. The number of hydrogen-bond donors (Lipinski definition) is 2. The van der Waals surface area contributed by atoms with E-state index in [9.17, 15) is 14.7 Å². The number of aliphatic hydroxyl groups excluding tert-OH is 1. The van der Waals surface area contributed by atoms with Gasteiger partial charge in [0.25, 0.3) is 5.91 Å². The minimum atomic E-state index is -0.511. The van der Waals surface area contributed by atoms with Crippen LogP contribution in [0.3, 0.4) is 0 Å². The van der Waals surface area contributed by atoms with Gasteiger partial charge >= 0.3 is 5.69 Å². The molecule has 1 aliphatic rings. The molecule has 2 heterocycles. The van der Waals surface area contributed by atoms with Crippen LogP contribution in [0.15, 0.2) is 23.3 Å². The number of carbonyl (C=O) groups excluding carboxylic acids is 1. The van der Waals surface area contributed by atoms with E-state index in [2.05, 4.69) is 10.4 Å². The van der Waals surface area contributed by atoms with Gasteiger partial charge in [-0.2, -0.15) is 5.10 Å². The summed E-state index contributed by atoms with van der Waals surface area (Å²) >= 11 is 0. The molecule has 3 atom stereocenters. The molecule has 2 aromatic heterocycles. The van der Waals surface area contributed by atoms with Crippen LogP contribution in [0.4, 0.5) is 0 Å². The average Bonchev–Trinajstić information content (AvgIpc) is 3.20. The van der Waals surface area contributed by atoms with Gasteiger partial charge in [0, 0.05) is 51.9 Å². The predicted octanol–water partition coefficient (Wildman–Crippen LogP) is -0.258. The molecule has 2 N–H and O–H groups in total. The van der Waals surface area contributed by atoms with Crippen molar-refractivity contribution in [1.82, 2.24) is 24.2 Å². The van der Waals surface area contributed by atoms with Crippen LogP contribution in [0.5, 0.6) is 0 Å². The van der Waals surface area contributed by atoms with E-state index in [1.165, 1.54) is 9.25 Å². The maximum Gasteiger partial charge on any atom is 0.345 e. The third-order valence-electron chi connectivity index (χ3n) is 4.80. The molecule has 1 amide bonds. The summed E-state index contributed by atoms with van der Waals surface area (Å²) in [5.74, 6) is 0.534. The van der Waals surface area contributed by atoms with Crippen molar-refractivity contribution in [3.8, 4) is 0 Å². The number of nitrogens with one attached hydrogen (secondary N) is 1. The van der Waals surface area contributed by atoms with E-state index in [1.54, 1.807) is 26.4 Å². The molecule has 0 radical (unpaired) electrons. The van der Waals surface area contributed by atoms with E-state index in [0.29, 0.717) is 30.8 Å². The molecule has 2 aromatic rings. The summed E-state index contributed by atoms with van der Waals surface area (Å²) < 4.78 is 4.66. The SMILES string of the molecule is Cn1ccc(C(=O)NC[C@H]2C[C@H](c3nn(C)c(=O)n3C)C[C@H]2O)c1. The first kappa shape index (κ1) is 16.5. The summed E-state index contributed by atoms with van der Waals surface area (Å²) in [7, 11) is 5.18. The average molecular weight is 333 g/mol. The van der Waals surface area contributed by atoms with Crippen LogP contribution >= 0.6 is 0 Å². The van der Waals surface area contributed by atoms with Crippen LogP contribution in [0.25, 0.3) is 0 Å². The molecule has 130 valence electrons. The molecule has 24 heavy (non-hydrogen) atoms. The summed E-state index contributed by atoms with van der Waals surface area (Å²) in [6.45, 7) is 0.409. The van der Waals surface area contributed by atoms with Crippen molar-refractivity contribution in [2.24, 2.45) is 27.1 Å². The Hall–Kier alpha value is -2.35. The lowest BCUT2D eigenvalue weighted by molar-refractivity contribution is 0.0916. The lowest BCUT2D eigenvalue weighted by atomic mass is 10.0. The van der Waals surface area contributed by atoms with Crippen LogP contribution in [-0.4, -0.2) is 42.6 Å². The molecule has 0 aliphatic heterocycles. The second kappa shape index (κ2) is 6.27. The monoisotopic (exact) mass is 333 g/mol. The highest BCUT2D eigenvalue weighted by Crippen LogP contribution is 2.37. The molecule has 0 saturated heterocycles. The minimum Gasteiger partial charge on any atom is -0.393 e. The van der Waals surface area contributed by atoms with Crippen molar-refractivity contribution in [2.45, 2.75) is 24.9 Å². The van der Waals surface area contributed by atoms with E-state index in [4.69, 9.17) is 0 Å². The molecule has 1 saturated carbocycles. The maximum absolute atomic E-state index is 12.1. The van der Waals surface area contributed by atoms with Gasteiger partial charge in [-0.25, -0.2) is 9.48 Å². The van der Waals surface area contributed by atoms with Crippen molar-refractivity contribution in [2.75, 3.05) is 6.54 Å². The van der Waals surface area contributed by atoms with Crippen molar-refractivity contribution in [1.29, 1.82) is 0 Å². The molecular formula is C16H23N5O3. The maximum atomic E-state index is 12.1. The number of aryl methyl sites for hydroxylation is 2. The third kappa shape index (κ3) is 3.01. The first-order valence-corrected chi connectivity index (χ1v) is 8.05. The predicted molar refractivity (Wildman–Crippen MR) is 87.7 cm³/mol. The van der Waals surface area contributed by atoms with Gasteiger partial charge < -0.3 is 15.0 Å². The smallest absolute Gasteiger partial charge is 0.345 e. The van der Waals surface area contributed by atoms with E-state index < -0.39 is 6.10 Å². The fourth-order valence-electron chi connectivity index (χ4n) is 3.43. The van der Waals surface area contributed by atoms with Crippen molar-refractivity contribution >= 4 is 5.91 Å². The number of aliphatic hydroxyl groups is 1. The van der Waals surface area contributed by atoms with Gasteiger partial charge in [-0.05, 0) is 18.9 Å². The van der Waals surface area contributed by atoms with E-state index in [-0.39, 0.29) is 23.4 Å². The molecule has 1 aliphatic carbocycles. The molecule has 0 bridgehead atoms. The Morgan fingerprint density at radius 3 is 2.71 bits per heavy atom. The molecular weight excluding hydrogens is 310 g/mol. The zero-order valence-electron chi connectivity index (χ0n) is 14.1. The highest BCUT2D eigenvalue weighted by molar-refractivity contribution is 5.93. The van der Waals surface area contributed by atoms with Crippen LogP contribution in [0.1, 0.15) is 34.9 Å². The lowest BCUT2D eigenvalue weighted by Gasteiger charge is -2.14. The standard InChI is InChI=1S/C16H23N5O3/c1-19-5-4-10(9-19)15(23)17-8-12-6-11(7-13(12)22)14-18-21(3)16(24)20(14)2/h4-5,9,11-13,22H,6-8H2,1-3H3,(H,17,23)/t11-,12+,13+/m0/s1. The Morgan fingerprint density at radius 1 is 1.38 bits per heavy atom. The summed E-state index contributed by atoms with van der Waals surface area (Å²) in [5.41, 5.74) is 0.439. The van der Waals surface area contributed by atoms with Crippen molar-refractivity contribution < 1.29 is 9.90 Å². The van der Waals surface area contributed by atoms with Crippen LogP contribution in [0.2, 0.25) is 0 Å². The molecule has 8 heteroatoms. The fourth-order valence-corrected chi connectivity index (χ4v) is 3.43. The Morgan fingerprint density at radius 2 is 2.12 bits per heavy atom. The quantitative estimate of drug-likeness (QED) is 0.806. The Labute approximate surface area is 139 Å². The molecule has 0 spiro atoms. The first-order chi connectivity index (χ1) is 11.4. The fraction of sp³-hybridized carbons (Fsp3) is 0.562. The second-order valence-electron chi connectivity index (χ2n) is 6.59. The molecule has 0 aromatic carbocycles. The van der Waals surface area contributed by atoms with Crippen LogP contribution in [0, 0.1) is 5.92 Å². The summed E-state index contributed by atoms with van der Waals surface area (Å²) in [6.07, 6.45) is 4.31. The minimum absolute atomic E-state index is 0.0255. The summed E-state index contributed by atoms with van der Waals surface area (Å²) in [5, 5.41) is 17.5. The van der Waals surface area contributed by atoms with Gasteiger partial charge in [-0.1, -0.05) is 0 Å². The van der Waals surface area contributed by atoms with Crippen molar-refractivity contribution in [3.05, 3.63) is 40.3 Å². The van der Waals surface area contributed by atoms with Crippen LogP contribution < -0.4 is 11.0 Å². The largest absolute Gasteiger partial charge is 0.393 e. The Bertz CT molecular complexity index is 803. The summed E-state index contributed by atoms with van der Waals surface area (Å²) in [6, 6.07) is 1.76. The van der Waals surface area contributed by atoms with Gasteiger partial charge in [-0.3, -0.25) is 9.36 Å². The number of carbonyl (C=O) groups is 1. The van der Waals surface area contributed by atoms with Gasteiger partial charge in [0.1, 0.15) is 5.82 Å². The number of rotatable bonds is 4. The number of amides is 1. The van der Waals surface area contributed by atoms with E-state index in [0.717, 1.165) is 0 Å². The molecule has 0 unspecified atom stereocenters. The van der Waals surface area contributed by atoms with Crippen molar-refractivity contribution in [3.63, 3.8) is 0 Å². The first-order valence-electron chi connectivity index (χ1n) is 8.05. The zero-order chi connectivity index (χ0) is 17.4. The second-order valence-corrected chi connectivity index (χ2v) is 6.59. The topological polar surface area (TPSA) is 94.1 Å². The highest BCUT2D eigenvalue weighted by atomic mass is 16.3. The summed E-state index contributed by atoms with van der Waals surface area (Å²) in [4.78, 5) is 23.9. The third-order valence-corrected chi connectivity index (χ3v) is 4.80. The highest BCUT2D eigenvalue weighted by Gasteiger charge is 2.36. The van der Waals surface area contributed by atoms with Gasteiger partial charge in [-0.15, -0.1) is 0 Å². The number of aromatic nitrogens is 4. The van der Waals surface area contributed by atoms with E-state index in [1.807, 2.05) is 17.8 Å². The Kier molecular flexibility index (Phi) is 4.31. The van der Waals surface area contributed by atoms with E-state index >= 15 is 0 Å². The molecule has 1 fully saturated rings. The normalized spacial score (nSPS) is 23.6. The molecule has 8 nitrogen and oxygen atoms in total. The van der Waals surface area contributed by atoms with Gasteiger partial charge in [0.05, 0.1) is 11.7 Å². The zero-order valence-corrected chi connectivity index (χ0v) is 14.1. The van der Waals surface area contributed by atoms with Crippen LogP contribution in [-0.2, 0) is 21.1 Å². The molecule has 3 rings (SSSR count). The lowest BCUT2D eigenvalue weighted by Crippen LogP contribution is -2.32. The van der Waals surface area contributed by atoms with Gasteiger partial charge in [0.2, 0.25) is 0 Å². The number of nitrogens with zero attached hydrogens (tertiary/aromatic N) is 4. The Balaban J connectivity index is 1.63. The van der Waals surface area contributed by atoms with Gasteiger partial charge in [0.15, 0.2) is 0 Å².